The fourth-order valence-electron chi connectivity index (χ4n) is 0.319. The quantitative estimate of drug-likeness (QED) is 0.420. The maximum atomic E-state index is 10.7. The first-order valence-corrected chi connectivity index (χ1v) is 3.73. The van der Waals surface area contributed by atoms with Gasteiger partial charge in [0.25, 0.3) is 0 Å². The molecule has 0 aromatic carbocycles. The van der Waals surface area contributed by atoms with Crippen molar-refractivity contribution in [2.24, 2.45) is 0 Å². The van der Waals surface area contributed by atoms with Crippen LogP contribution in [-0.4, -0.2) is 26.2 Å². The molecule has 0 fully saturated rings. The molecule has 0 radical (unpaired) electrons. The van der Waals surface area contributed by atoms with E-state index in [2.05, 4.69) is 9.47 Å². The number of hydrogen-bond acceptors (Lipinski definition) is 4. The first-order valence-electron chi connectivity index (χ1n) is 2.65. The van der Waals surface area contributed by atoms with Crippen molar-refractivity contribution in [3.05, 3.63) is 9.66 Å². The van der Waals surface area contributed by atoms with Crippen LogP contribution >= 0.6 is 22.6 Å². The van der Waals surface area contributed by atoms with E-state index in [1.165, 1.54) is 14.2 Å². The van der Waals surface area contributed by atoms with Gasteiger partial charge in [-0.3, -0.25) is 0 Å². The molecule has 0 saturated heterocycles. The van der Waals surface area contributed by atoms with Crippen LogP contribution in [0, 0.1) is 0 Å². The van der Waals surface area contributed by atoms with E-state index in [1.807, 2.05) is 0 Å². The van der Waals surface area contributed by atoms with Gasteiger partial charge in [0.15, 0.2) is 0 Å². The van der Waals surface area contributed by atoms with Gasteiger partial charge in [0.1, 0.15) is 3.58 Å². The van der Waals surface area contributed by atoms with Crippen molar-refractivity contribution < 1.29 is 19.1 Å². The Kier molecular flexibility index (Phi) is 4.84. The van der Waals surface area contributed by atoms with Gasteiger partial charge in [-0.05, 0) is 22.6 Å². The molecule has 0 atom stereocenters. The van der Waals surface area contributed by atoms with E-state index in [4.69, 9.17) is 0 Å². The molecule has 11 heavy (non-hydrogen) atoms. The summed E-state index contributed by atoms with van der Waals surface area (Å²) < 4.78 is 8.81. The van der Waals surface area contributed by atoms with Crippen molar-refractivity contribution in [3.63, 3.8) is 0 Å². The Morgan fingerprint density at radius 2 is 1.82 bits per heavy atom. The lowest BCUT2D eigenvalue weighted by Crippen LogP contribution is -2.03. The zero-order valence-electron chi connectivity index (χ0n) is 6.09. The molecule has 0 aliphatic heterocycles. The normalized spacial score (nSPS) is 10.6. The van der Waals surface area contributed by atoms with E-state index < -0.39 is 11.9 Å². The maximum Gasteiger partial charge on any atom is 0.344 e. The molecule has 0 aromatic heterocycles. The smallest absolute Gasteiger partial charge is 0.344 e. The number of esters is 2. The molecule has 0 saturated carbocycles. The van der Waals surface area contributed by atoms with Crippen LogP contribution in [0.5, 0.6) is 0 Å². The van der Waals surface area contributed by atoms with Crippen LogP contribution in [0.25, 0.3) is 0 Å². The number of methoxy groups -OCH3 is 2. The van der Waals surface area contributed by atoms with Gasteiger partial charge in [0, 0.05) is 6.08 Å². The molecule has 0 aliphatic carbocycles. The van der Waals surface area contributed by atoms with E-state index in [0.29, 0.717) is 0 Å². The van der Waals surface area contributed by atoms with Crippen molar-refractivity contribution in [1.29, 1.82) is 0 Å². The van der Waals surface area contributed by atoms with Gasteiger partial charge in [-0.15, -0.1) is 0 Å². The minimum absolute atomic E-state index is 0.192. The van der Waals surface area contributed by atoms with E-state index in [1.54, 1.807) is 22.6 Å². The first kappa shape index (κ1) is 10.4. The predicted molar refractivity (Wildman–Crippen MR) is 46.1 cm³/mol. The largest absolute Gasteiger partial charge is 0.466 e. The summed E-state index contributed by atoms with van der Waals surface area (Å²) in [5.41, 5.74) is 0. The fraction of sp³-hybridized carbons (Fsp3) is 0.333. The van der Waals surface area contributed by atoms with Crippen molar-refractivity contribution in [2.45, 2.75) is 0 Å². The lowest BCUT2D eigenvalue weighted by atomic mass is 10.5. The van der Waals surface area contributed by atoms with Gasteiger partial charge in [-0.2, -0.15) is 0 Å². The summed E-state index contributed by atoms with van der Waals surface area (Å²) in [7, 11) is 2.48. The molecule has 0 N–H and O–H groups in total. The Morgan fingerprint density at radius 3 is 2.18 bits per heavy atom. The number of carbonyl (C=O) groups excluding carboxylic acids is 2. The third-order valence-electron chi connectivity index (χ3n) is 0.826. The first-order chi connectivity index (χ1) is 5.11. The summed E-state index contributed by atoms with van der Waals surface area (Å²) in [6.07, 6.45) is 1.06. The molecule has 0 bridgehead atoms. The standard InChI is InChI=1S/C6H7IO4/c1-10-5(8)3-4(7)6(9)11-2/h3H,1-2H3/b4-3+. The summed E-state index contributed by atoms with van der Waals surface area (Å²) in [5, 5.41) is 0. The Hall–Kier alpha value is -0.590. The minimum atomic E-state index is -0.570. The van der Waals surface area contributed by atoms with Gasteiger partial charge in [-0.1, -0.05) is 0 Å². The Morgan fingerprint density at radius 1 is 1.27 bits per heavy atom. The summed E-state index contributed by atoms with van der Waals surface area (Å²) in [5.74, 6) is -1.11. The highest BCUT2D eigenvalue weighted by molar-refractivity contribution is 14.1. The summed E-state index contributed by atoms with van der Waals surface area (Å²) in [6.45, 7) is 0. The molecular weight excluding hydrogens is 263 g/mol. The van der Waals surface area contributed by atoms with Crippen molar-refractivity contribution in [2.75, 3.05) is 14.2 Å². The van der Waals surface area contributed by atoms with E-state index in [9.17, 15) is 9.59 Å². The van der Waals surface area contributed by atoms with E-state index >= 15 is 0 Å². The van der Waals surface area contributed by atoms with Crippen molar-refractivity contribution >= 4 is 34.5 Å². The monoisotopic (exact) mass is 270 g/mol. The van der Waals surface area contributed by atoms with Gasteiger partial charge in [-0.25, -0.2) is 9.59 Å². The number of rotatable bonds is 2. The van der Waals surface area contributed by atoms with Gasteiger partial charge in [0.2, 0.25) is 0 Å². The van der Waals surface area contributed by atoms with Crippen LogP contribution in [0.15, 0.2) is 9.66 Å². The molecule has 0 aliphatic rings. The van der Waals surface area contributed by atoms with Crippen molar-refractivity contribution in [3.8, 4) is 0 Å². The second kappa shape index (κ2) is 5.11. The van der Waals surface area contributed by atoms with Gasteiger partial charge >= 0.3 is 11.9 Å². The topological polar surface area (TPSA) is 52.6 Å². The fourth-order valence-corrected chi connectivity index (χ4v) is 0.793. The summed E-state index contributed by atoms with van der Waals surface area (Å²) in [6, 6.07) is 0. The number of ether oxygens (including phenoxy) is 2. The van der Waals surface area contributed by atoms with E-state index in [0.717, 1.165) is 6.08 Å². The Balaban J connectivity index is 4.21. The van der Waals surface area contributed by atoms with Crippen LogP contribution in [0.1, 0.15) is 0 Å². The highest BCUT2D eigenvalue weighted by atomic mass is 127. The van der Waals surface area contributed by atoms with Gasteiger partial charge < -0.3 is 9.47 Å². The average Bonchev–Trinajstić information content (AvgIpc) is 2.02. The molecule has 62 valence electrons. The third-order valence-corrected chi connectivity index (χ3v) is 1.58. The van der Waals surface area contributed by atoms with Crippen LogP contribution in [0.3, 0.4) is 0 Å². The summed E-state index contributed by atoms with van der Waals surface area (Å²) in [4.78, 5) is 21.2. The average molecular weight is 270 g/mol. The van der Waals surface area contributed by atoms with Crippen LogP contribution in [0.2, 0.25) is 0 Å². The molecule has 5 heteroatoms. The van der Waals surface area contributed by atoms with Crippen molar-refractivity contribution in [1.82, 2.24) is 0 Å². The molecular formula is C6H7IO4. The highest BCUT2D eigenvalue weighted by Crippen LogP contribution is 2.07. The predicted octanol–water partition coefficient (Wildman–Crippen LogP) is 0.651. The lowest BCUT2D eigenvalue weighted by Gasteiger charge is -1.95. The second-order valence-corrected chi connectivity index (χ2v) is 2.67. The molecule has 4 nitrogen and oxygen atoms in total. The molecule has 0 aromatic rings. The number of hydrogen-bond donors (Lipinski definition) is 0. The summed E-state index contributed by atoms with van der Waals surface area (Å²) >= 11 is 1.69. The second-order valence-electron chi connectivity index (χ2n) is 1.51. The third kappa shape index (κ3) is 3.97. The molecule has 0 spiro atoms. The maximum absolute atomic E-state index is 10.7. The Bertz CT molecular complexity index is 197. The molecule has 0 amide bonds. The molecule has 0 unspecified atom stereocenters. The Labute approximate surface area is 77.7 Å². The number of halogens is 1. The van der Waals surface area contributed by atoms with E-state index in [-0.39, 0.29) is 3.58 Å². The van der Waals surface area contributed by atoms with Crippen LogP contribution in [-0.2, 0) is 19.1 Å². The molecule has 0 rings (SSSR count). The van der Waals surface area contributed by atoms with Crippen LogP contribution in [0.4, 0.5) is 0 Å². The molecule has 0 heterocycles. The van der Waals surface area contributed by atoms with Gasteiger partial charge in [0.05, 0.1) is 14.2 Å². The lowest BCUT2D eigenvalue weighted by molar-refractivity contribution is -0.137. The van der Waals surface area contributed by atoms with Crippen LogP contribution < -0.4 is 0 Å². The zero-order chi connectivity index (χ0) is 8.85. The zero-order valence-corrected chi connectivity index (χ0v) is 8.25. The SMILES string of the molecule is COC(=O)/C=C(/I)C(=O)OC. The highest BCUT2D eigenvalue weighted by Gasteiger charge is 2.07. The number of carbonyl (C=O) groups is 2. The minimum Gasteiger partial charge on any atom is -0.466 e.